The van der Waals surface area contributed by atoms with Crippen molar-refractivity contribution in [1.82, 2.24) is 19.7 Å². The largest absolute Gasteiger partial charge is 0.345 e. The topological polar surface area (TPSA) is 53.9 Å². The molecular formula is C11H13BrN4O. The van der Waals surface area contributed by atoms with Crippen LogP contribution in [-0.4, -0.2) is 32.6 Å². The molecule has 0 aromatic carbocycles. The molecule has 0 saturated heterocycles. The first-order chi connectivity index (χ1) is 8.08. The molecule has 0 aliphatic heterocycles. The van der Waals surface area contributed by atoms with Gasteiger partial charge in [0.15, 0.2) is 0 Å². The van der Waals surface area contributed by atoms with Crippen LogP contribution in [0.4, 0.5) is 0 Å². The molecule has 0 radical (unpaired) electrons. The molecule has 2 heterocycles. The lowest BCUT2D eigenvalue weighted by Gasteiger charge is -2.16. The third-order valence-electron chi connectivity index (χ3n) is 2.51. The predicted octanol–water partition coefficient (Wildman–Crippen LogP) is 1.78. The quantitative estimate of drug-likeness (QED) is 0.939. The molecule has 5 nitrogen and oxygen atoms in total. The number of nitrogens with one attached hydrogen (secondary N) is 1. The van der Waals surface area contributed by atoms with Crippen LogP contribution in [0.3, 0.4) is 0 Å². The summed E-state index contributed by atoms with van der Waals surface area (Å²) in [5, 5.41) is 6.58. The van der Waals surface area contributed by atoms with Crippen molar-refractivity contribution in [3.05, 3.63) is 40.4 Å². The number of nitrogens with zero attached hydrogens (tertiary/aromatic N) is 3. The van der Waals surface area contributed by atoms with Crippen molar-refractivity contribution >= 4 is 21.8 Å². The third kappa shape index (κ3) is 2.58. The summed E-state index contributed by atoms with van der Waals surface area (Å²) < 4.78 is 2.71. The molecular weight excluding hydrogens is 284 g/mol. The molecule has 0 fully saturated rings. The third-order valence-corrected chi connectivity index (χ3v) is 2.95. The SMILES string of the molecule is CN(Cc1cn[nH]c1)C(=O)c1cc(Br)cn1C. The van der Waals surface area contributed by atoms with Gasteiger partial charge in [0.2, 0.25) is 0 Å². The van der Waals surface area contributed by atoms with E-state index in [1.165, 1.54) is 0 Å². The van der Waals surface area contributed by atoms with Crippen molar-refractivity contribution in [2.45, 2.75) is 6.54 Å². The second-order valence-corrected chi connectivity index (χ2v) is 4.84. The van der Waals surface area contributed by atoms with Crippen LogP contribution in [0.15, 0.2) is 29.1 Å². The molecule has 90 valence electrons. The number of halogens is 1. The van der Waals surface area contributed by atoms with Crippen LogP contribution in [0, 0.1) is 0 Å². The number of H-pyrrole nitrogens is 1. The highest BCUT2D eigenvalue weighted by atomic mass is 79.9. The van der Waals surface area contributed by atoms with E-state index in [4.69, 9.17) is 0 Å². The Bertz CT molecular complexity index is 518. The Balaban J connectivity index is 2.12. The van der Waals surface area contributed by atoms with Crippen molar-refractivity contribution in [2.24, 2.45) is 7.05 Å². The van der Waals surface area contributed by atoms with E-state index in [1.54, 1.807) is 28.9 Å². The van der Waals surface area contributed by atoms with Gasteiger partial charge in [-0.15, -0.1) is 0 Å². The Labute approximate surface area is 108 Å². The average molecular weight is 297 g/mol. The molecule has 1 N–H and O–H groups in total. The summed E-state index contributed by atoms with van der Waals surface area (Å²) in [5.74, 6) is -0.0144. The molecule has 0 unspecified atom stereocenters. The summed E-state index contributed by atoms with van der Waals surface area (Å²) in [6.07, 6.45) is 5.36. The lowest BCUT2D eigenvalue weighted by molar-refractivity contribution is 0.0775. The van der Waals surface area contributed by atoms with Crippen LogP contribution in [-0.2, 0) is 13.6 Å². The lowest BCUT2D eigenvalue weighted by atomic mass is 10.3. The molecule has 2 aromatic rings. The highest BCUT2D eigenvalue weighted by Gasteiger charge is 2.16. The van der Waals surface area contributed by atoms with Crippen LogP contribution in [0.5, 0.6) is 0 Å². The molecule has 2 aromatic heterocycles. The molecule has 0 aliphatic carbocycles. The number of aromatic amines is 1. The van der Waals surface area contributed by atoms with E-state index in [-0.39, 0.29) is 5.91 Å². The zero-order valence-corrected chi connectivity index (χ0v) is 11.2. The zero-order chi connectivity index (χ0) is 12.4. The minimum absolute atomic E-state index is 0.0144. The number of carbonyl (C=O) groups is 1. The van der Waals surface area contributed by atoms with Crippen molar-refractivity contribution < 1.29 is 4.79 Å². The van der Waals surface area contributed by atoms with Crippen LogP contribution >= 0.6 is 15.9 Å². The van der Waals surface area contributed by atoms with Crippen molar-refractivity contribution in [3.8, 4) is 0 Å². The highest BCUT2D eigenvalue weighted by molar-refractivity contribution is 9.10. The van der Waals surface area contributed by atoms with E-state index in [9.17, 15) is 4.79 Å². The van der Waals surface area contributed by atoms with Crippen molar-refractivity contribution in [1.29, 1.82) is 0 Å². The van der Waals surface area contributed by atoms with Gasteiger partial charge in [0.05, 0.1) is 6.20 Å². The van der Waals surface area contributed by atoms with E-state index >= 15 is 0 Å². The first-order valence-corrected chi connectivity index (χ1v) is 5.92. The minimum atomic E-state index is -0.0144. The zero-order valence-electron chi connectivity index (χ0n) is 9.64. The standard InChI is InChI=1S/C11H13BrN4O/c1-15-7-9(12)3-10(15)11(17)16(2)6-8-4-13-14-5-8/h3-5,7H,6H2,1-2H3,(H,13,14). The van der Waals surface area contributed by atoms with Gasteiger partial charge in [-0.3, -0.25) is 9.89 Å². The molecule has 0 atom stereocenters. The number of carbonyl (C=O) groups excluding carboxylic acids is 1. The lowest BCUT2D eigenvalue weighted by Crippen LogP contribution is -2.27. The maximum Gasteiger partial charge on any atom is 0.270 e. The fraction of sp³-hybridized carbons (Fsp3) is 0.273. The van der Waals surface area contributed by atoms with Gasteiger partial charge in [0.25, 0.3) is 5.91 Å². The van der Waals surface area contributed by atoms with Crippen molar-refractivity contribution in [3.63, 3.8) is 0 Å². The van der Waals surface area contributed by atoms with Gasteiger partial charge in [-0.1, -0.05) is 0 Å². The summed E-state index contributed by atoms with van der Waals surface area (Å²) in [7, 11) is 3.62. The fourth-order valence-electron chi connectivity index (χ4n) is 1.64. The van der Waals surface area contributed by atoms with Gasteiger partial charge >= 0.3 is 0 Å². The summed E-state index contributed by atoms with van der Waals surface area (Å²) in [6.45, 7) is 0.540. The van der Waals surface area contributed by atoms with E-state index in [0.717, 1.165) is 10.0 Å². The summed E-state index contributed by atoms with van der Waals surface area (Å²) in [6, 6.07) is 1.81. The second-order valence-electron chi connectivity index (χ2n) is 3.92. The van der Waals surface area contributed by atoms with E-state index in [1.807, 2.05) is 19.3 Å². The molecule has 1 amide bonds. The summed E-state index contributed by atoms with van der Waals surface area (Å²) >= 11 is 3.35. The maximum atomic E-state index is 12.2. The van der Waals surface area contributed by atoms with E-state index in [2.05, 4.69) is 26.1 Å². The molecule has 2 rings (SSSR count). The molecule has 6 heteroatoms. The average Bonchev–Trinajstić information content (AvgIpc) is 2.87. The molecule has 0 spiro atoms. The smallest absolute Gasteiger partial charge is 0.270 e. The van der Waals surface area contributed by atoms with Crippen LogP contribution in [0.25, 0.3) is 0 Å². The first-order valence-electron chi connectivity index (χ1n) is 5.13. The van der Waals surface area contributed by atoms with E-state index < -0.39 is 0 Å². The predicted molar refractivity (Wildman–Crippen MR) is 67.5 cm³/mol. The number of hydrogen-bond donors (Lipinski definition) is 1. The van der Waals surface area contributed by atoms with Gasteiger partial charge in [-0.2, -0.15) is 5.10 Å². The van der Waals surface area contributed by atoms with Gasteiger partial charge in [0.1, 0.15) is 5.69 Å². The molecule has 0 bridgehead atoms. The number of amides is 1. The Morgan fingerprint density at radius 3 is 2.94 bits per heavy atom. The minimum Gasteiger partial charge on any atom is -0.345 e. The van der Waals surface area contributed by atoms with Crippen LogP contribution in [0.2, 0.25) is 0 Å². The molecule has 0 saturated carbocycles. The monoisotopic (exact) mass is 296 g/mol. The summed E-state index contributed by atoms with van der Waals surface area (Å²) in [5.41, 5.74) is 1.64. The van der Waals surface area contributed by atoms with Crippen LogP contribution < -0.4 is 0 Å². The van der Waals surface area contributed by atoms with Crippen molar-refractivity contribution in [2.75, 3.05) is 7.05 Å². The van der Waals surface area contributed by atoms with Gasteiger partial charge < -0.3 is 9.47 Å². The van der Waals surface area contributed by atoms with E-state index in [0.29, 0.717) is 12.2 Å². The number of hydrogen-bond acceptors (Lipinski definition) is 2. The normalized spacial score (nSPS) is 10.5. The molecule has 17 heavy (non-hydrogen) atoms. The number of rotatable bonds is 3. The van der Waals surface area contributed by atoms with Gasteiger partial charge in [-0.25, -0.2) is 0 Å². The van der Waals surface area contributed by atoms with Crippen LogP contribution in [0.1, 0.15) is 16.1 Å². The first kappa shape index (κ1) is 11.9. The summed E-state index contributed by atoms with van der Waals surface area (Å²) in [4.78, 5) is 13.8. The fourth-order valence-corrected chi connectivity index (χ4v) is 2.17. The number of aromatic nitrogens is 3. The Hall–Kier alpha value is -1.56. The second kappa shape index (κ2) is 4.75. The molecule has 0 aliphatic rings. The maximum absolute atomic E-state index is 12.2. The Morgan fingerprint density at radius 1 is 1.65 bits per heavy atom. The number of aryl methyl sites for hydroxylation is 1. The Kier molecular flexibility index (Phi) is 3.33. The van der Waals surface area contributed by atoms with Gasteiger partial charge in [0, 0.05) is 43.1 Å². The highest BCUT2D eigenvalue weighted by Crippen LogP contribution is 2.15. The Morgan fingerprint density at radius 2 is 2.41 bits per heavy atom. The van der Waals surface area contributed by atoms with Gasteiger partial charge in [-0.05, 0) is 22.0 Å².